The van der Waals surface area contributed by atoms with Crippen LogP contribution in [0.4, 0.5) is 0 Å². The van der Waals surface area contributed by atoms with Crippen molar-refractivity contribution in [1.29, 1.82) is 0 Å². The monoisotopic (exact) mass is 440 g/mol. The third-order valence-corrected chi connectivity index (χ3v) is 5.48. The van der Waals surface area contributed by atoms with Crippen molar-refractivity contribution in [2.75, 3.05) is 26.9 Å². The zero-order chi connectivity index (χ0) is 22.9. The van der Waals surface area contributed by atoms with Crippen LogP contribution in [-0.4, -0.2) is 49.6 Å². The Bertz CT molecular complexity index is 913. The molecule has 172 valence electrons. The number of rotatable bonds is 10. The molecule has 0 unspecified atom stereocenters. The van der Waals surface area contributed by atoms with E-state index in [0.717, 1.165) is 22.6 Å². The smallest absolute Gasteiger partial charge is 0.242 e. The van der Waals surface area contributed by atoms with Gasteiger partial charge in [0.2, 0.25) is 11.8 Å². The second-order valence-corrected chi connectivity index (χ2v) is 7.67. The van der Waals surface area contributed by atoms with Gasteiger partial charge in [-0.15, -0.1) is 0 Å². The van der Waals surface area contributed by atoms with Crippen molar-refractivity contribution in [2.24, 2.45) is 0 Å². The van der Waals surface area contributed by atoms with Crippen LogP contribution in [0.25, 0.3) is 0 Å². The van der Waals surface area contributed by atoms with Crippen LogP contribution in [0.3, 0.4) is 0 Å². The van der Waals surface area contributed by atoms with Crippen LogP contribution in [0.1, 0.15) is 37.8 Å². The average Bonchev–Trinajstić information content (AvgIpc) is 2.82. The Morgan fingerprint density at radius 1 is 1.03 bits per heavy atom. The average molecular weight is 441 g/mol. The fourth-order valence-corrected chi connectivity index (χ4v) is 3.78. The van der Waals surface area contributed by atoms with Gasteiger partial charge in [-0.2, -0.15) is 0 Å². The highest BCUT2D eigenvalue weighted by molar-refractivity contribution is 5.87. The first-order valence-corrected chi connectivity index (χ1v) is 11.1. The van der Waals surface area contributed by atoms with Crippen LogP contribution in [-0.2, 0) is 22.6 Å². The summed E-state index contributed by atoms with van der Waals surface area (Å²) < 4.78 is 16.4. The number of hydrogen-bond donors (Lipinski definition) is 1. The van der Waals surface area contributed by atoms with Crippen LogP contribution < -0.4 is 19.5 Å². The molecule has 1 N–H and O–H groups in total. The minimum Gasteiger partial charge on any atom is -0.497 e. The molecular weight excluding hydrogens is 408 g/mol. The van der Waals surface area contributed by atoms with E-state index in [9.17, 15) is 9.59 Å². The fraction of sp³-hybridized carbons (Fsp3) is 0.440. The summed E-state index contributed by atoms with van der Waals surface area (Å²) in [7, 11) is 1.62. The lowest BCUT2D eigenvalue weighted by Crippen LogP contribution is -2.49. The molecule has 32 heavy (non-hydrogen) atoms. The van der Waals surface area contributed by atoms with Gasteiger partial charge in [0.25, 0.3) is 0 Å². The largest absolute Gasteiger partial charge is 0.497 e. The molecule has 0 saturated carbocycles. The molecule has 7 nitrogen and oxygen atoms in total. The van der Waals surface area contributed by atoms with Crippen molar-refractivity contribution >= 4 is 11.8 Å². The zero-order valence-electron chi connectivity index (χ0n) is 19.1. The van der Waals surface area contributed by atoms with E-state index in [2.05, 4.69) is 5.32 Å². The number of nitrogens with zero attached hydrogens (tertiary/aromatic N) is 1. The van der Waals surface area contributed by atoms with Gasteiger partial charge in [0.05, 0.1) is 7.11 Å². The second-order valence-electron chi connectivity index (χ2n) is 7.67. The third kappa shape index (κ3) is 5.93. The Labute approximate surface area is 189 Å². The van der Waals surface area contributed by atoms with Gasteiger partial charge >= 0.3 is 0 Å². The third-order valence-electron chi connectivity index (χ3n) is 5.48. The molecule has 0 aromatic heterocycles. The molecule has 0 radical (unpaired) electrons. The number of likely N-dealkylation sites (N-methyl/N-ethyl adjacent to an activating group) is 1. The summed E-state index contributed by atoms with van der Waals surface area (Å²) >= 11 is 0. The van der Waals surface area contributed by atoms with E-state index in [-0.39, 0.29) is 11.8 Å². The highest BCUT2D eigenvalue weighted by Crippen LogP contribution is 2.31. The number of carbonyl (C=O) groups excluding carboxylic acids is 2. The van der Waals surface area contributed by atoms with E-state index in [1.165, 1.54) is 0 Å². The molecule has 1 aliphatic heterocycles. The molecule has 7 heteroatoms. The Morgan fingerprint density at radius 3 is 2.38 bits per heavy atom. The number of ether oxygens (including phenoxy) is 3. The topological polar surface area (TPSA) is 77.1 Å². The van der Waals surface area contributed by atoms with Crippen LogP contribution in [0.5, 0.6) is 17.2 Å². The number of aryl methyl sites for hydroxylation is 1. The minimum atomic E-state index is -0.523. The maximum Gasteiger partial charge on any atom is 0.242 e. The van der Waals surface area contributed by atoms with Crippen molar-refractivity contribution in [2.45, 2.75) is 45.7 Å². The maximum atomic E-state index is 13.3. The lowest BCUT2D eigenvalue weighted by molar-refractivity contribution is -0.141. The van der Waals surface area contributed by atoms with Gasteiger partial charge in [0, 0.05) is 19.5 Å². The van der Waals surface area contributed by atoms with Crippen LogP contribution in [0.2, 0.25) is 0 Å². The van der Waals surface area contributed by atoms with Crippen molar-refractivity contribution < 1.29 is 23.8 Å². The fourth-order valence-electron chi connectivity index (χ4n) is 3.78. The summed E-state index contributed by atoms with van der Waals surface area (Å²) in [6.07, 6.45) is 1.39. The number of fused-ring (bicyclic) bond motifs is 1. The molecule has 2 amide bonds. The standard InChI is InChI=1S/C25H32N2O5/c1-4-21(25(29)26-5-2)27(17-19-6-10-20(30-3)11-7-19)24(28)13-9-18-8-12-22-23(16-18)32-15-14-31-22/h6-8,10-12,16,21H,4-5,9,13-15,17H2,1-3H3,(H,26,29)/t21-/m0/s1. The van der Waals surface area contributed by atoms with Gasteiger partial charge < -0.3 is 24.4 Å². The van der Waals surface area contributed by atoms with E-state index in [4.69, 9.17) is 14.2 Å². The number of benzene rings is 2. The molecule has 0 saturated heterocycles. The maximum absolute atomic E-state index is 13.3. The van der Waals surface area contributed by atoms with Crippen LogP contribution in [0, 0.1) is 0 Å². The molecule has 0 fully saturated rings. The number of carbonyl (C=O) groups is 2. The molecule has 3 rings (SSSR count). The van der Waals surface area contributed by atoms with Gasteiger partial charge in [-0.05, 0) is 55.2 Å². The predicted octanol–water partition coefficient (Wildman–Crippen LogP) is 3.34. The van der Waals surface area contributed by atoms with E-state index >= 15 is 0 Å². The van der Waals surface area contributed by atoms with Crippen LogP contribution >= 0.6 is 0 Å². The van der Waals surface area contributed by atoms with E-state index in [1.807, 2.05) is 56.3 Å². The van der Waals surface area contributed by atoms with Crippen molar-refractivity contribution in [1.82, 2.24) is 10.2 Å². The second kappa shape index (κ2) is 11.4. The van der Waals surface area contributed by atoms with E-state index in [0.29, 0.717) is 51.3 Å². The predicted molar refractivity (Wildman–Crippen MR) is 122 cm³/mol. The lowest BCUT2D eigenvalue weighted by atomic mass is 10.1. The first-order chi connectivity index (χ1) is 15.5. The molecule has 2 aromatic carbocycles. The Morgan fingerprint density at radius 2 is 1.72 bits per heavy atom. The molecule has 1 atom stereocenters. The van der Waals surface area contributed by atoms with Gasteiger partial charge in [0.15, 0.2) is 11.5 Å². The number of nitrogens with one attached hydrogen (secondary N) is 1. The molecule has 2 aromatic rings. The number of hydrogen-bond acceptors (Lipinski definition) is 5. The summed E-state index contributed by atoms with van der Waals surface area (Å²) in [5, 5.41) is 2.86. The quantitative estimate of drug-likeness (QED) is 0.613. The normalized spacial score (nSPS) is 13.2. The molecule has 1 aliphatic rings. The van der Waals surface area contributed by atoms with E-state index in [1.54, 1.807) is 12.0 Å². The number of methoxy groups -OCH3 is 1. The highest BCUT2D eigenvalue weighted by Gasteiger charge is 2.28. The van der Waals surface area contributed by atoms with Crippen LogP contribution in [0.15, 0.2) is 42.5 Å². The summed E-state index contributed by atoms with van der Waals surface area (Å²) in [4.78, 5) is 27.7. The SMILES string of the molecule is CCNC(=O)[C@H](CC)N(Cc1ccc(OC)cc1)C(=O)CCc1ccc2c(c1)OCCO2. The molecular formula is C25H32N2O5. The first kappa shape index (κ1) is 23.4. The van der Waals surface area contributed by atoms with Crippen molar-refractivity contribution in [3.8, 4) is 17.2 Å². The Balaban J connectivity index is 1.74. The lowest BCUT2D eigenvalue weighted by Gasteiger charge is -2.30. The minimum absolute atomic E-state index is 0.0613. The molecule has 0 spiro atoms. The van der Waals surface area contributed by atoms with Crippen molar-refractivity contribution in [3.05, 3.63) is 53.6 Å². The van der Waals surface area contributed by atoms with Crippen molar-refractivity contribution in [3.63, 3.8) is 0 Å². The summed E-state index contributed by atoms with van der Waals surface area (Å²) in [5.74, 6) is 2.01. The molecule has 0 bridgehead atoms. The van der Waals surface area contributed by atoms with Gasteiger partial charge in [-0.1, -0.05) is 25.1 Å². The highest BCUT2D eigenvalue weighted by atomic mass is 16.6. The molecule has 1 heterocycles. The summed E-state index contributed by atoms with van der Waals surface area (Å²) in [5.41, 5.74) is 1.94. The Kier molecular flexibility index (Phi) is 8.36. The van der Waals surface area contributed by atoms with Gasteiger partial charge in [0.1, 0.15) is 25.0 Å². The van der Waals surface area contributed by atoms with Gasteiger partial charge in [-0.25, -0.2) is 0 Å². The van der Waals surface area contributed by atoms with E-state index < -0.39 is 6.04 Å². The summed E-state index contributed by atoms with van der Waals surface area (Å²) in [6, 6.07) is 12.8. The molecule has 0 aliphatic carbocycles. The first-order valence-electron chi connectivity index (χ1n) is 11.1. The zero-order valence-corrected chi connectivity index (χ0v) is 19.1. The Hall–Kier alpha value is -3.22. The number of amides is 2. The van der Waals surface area contributed by atoms with Gasteiger partial charge in [-0.3, -0.25) is 9.59 Å². The summed E-state index contributed by atoms with van der Waals surface area (Å²) in [6.45, 7) is 5.76.